The van der Waals surface area contributed by atoms with Gasteiger partial charge in [-0.1, -0.05) is 29.3 Å². The third-order valence-electron chi connectivity index (χ3n) is 3.98. The van der Waals surface area contributed by atoms with Gasteiger partial charge in [0.05, 0.1) is 10.0 Å². The van der Waals surface area contributed by atoms with Gasteiger partial charge >= 0.3 is 0 Å². The molecule has 3 aromatic rings. The van der Waals surface area contributed by atoms with Crippen molar-refractivity contribution >= 4 is 29.1 Å². The SMILES string of the molecule is Cc1oc(-n2cccc2)c(C#N)c1C(=O)N(C)Cc1ccc(Cl)c(Cl)c1. The number of carbonyl (C=O) groups excluding carboxylic acids is 1. The molecule has 0 radical (unpaired) electrons. The zero-order chi connectivity index (χ0) is 18.8. The Morgan fingerprint density at radius 2 is 1.96 bits per heavy atom. The number of aryl methyl sites for hydroxylation is 1. The lowest BCUT2D eigenvalue weighted by molar-refractivity contribution is 0.0783. The number of halogens is 2. The first-order valence-electron chi connectivity index (χ1n) is 7.78. The summed E-state index contributed by atoms with van der Waals surface area (Å²) < 4.78 is 7.36. The largest absolute Gasteiger partial charge is 0.443 e. The Labute approximate surface area is 161 Å². The summed E-state index contributed by atoms with van der Waals surface area (Å²) in [5.41, 5.74) is 1.31. The highest BCUT2D eigenvalue weighted by molar-refractivity contribution is 6.42. The Balaban J connectivity index is 1.92. The summed E-state index contributed by atoms with van der Waals surface area (Å²) in [6, 6.07) is 10.9. The molecular weight excluding hydrogens is 373 g/mol. The van der Waals surface area contributed by atoms with E-state index in [2.05, 4.69) is 6.07 Å². The van der Waals surface area contributed by atoms with E-state index in [1.165, 1.54) is 4.90 Å². The van der Waals surface area contributed by atoms with E-state index in [0.717, 1.165) is 5.56 Å². The van der Waals surface area contributed by atoms with E-state index in [1.807, 2.05) is 12.1 Å². The van der Waals surface area contributed by atoms with Gasteiger partial charge in [0.2, 0.25) is 5.88 Å². The number of furan rings is 1. The van der Waals surface area contributed by atoms with Crippen molar-refractivity contribution in [3.8, 4) is 12.0 Å². The predicted molar refractivity (Wildman–Crippen MR) is 99.7 cm³/mol. The zero-order valence-electron chi connectivity index (χ0n) is 14.2. The molecule has 5 nitrogen and oxygen atoms in total. The number of nitriles is 1. The number of hydrogen-bond acceptors (Lipinski definition) is 3. The van der Waals surface area contributed by atoms with Crippen LogP contribution in [0.4, 0.5) is 0 Å². The monoisotopic (exact) mass is 387 g/mol. The van der Waals surface area contributed by atoms with E-state index >= 15 is 0 Å². The van der Waals surface area contributed by atoms with Crippen LogP contribution in [0.15, 0.2) is 47.1 Å². The highest BCUT2D eigenvalue weighted by Gasteiger charge is 2.26. The van der Waals surface area contributed by atoms with Crippen LogP contribution in [0.2, 0.25) is 10.0 Å². The van der Waals surface area contributed by atoms with Crippen molar-refractivity contribution in [2.75, 3.05) is 7.05 Å². The van der Waals surface area contributed by atoms with Crippen LogP contribution in [0.1, 0.15) is 27.2 Å². The molecule has 2 aromatic heterocycles. The Kier molecular flexibility index (Phi) is 5.08. The first-order chi connectivity index (χ1) is 12.4. The molecule has 0 spiro atoms. The second kappa shape index (κ2) is 7.28. The predicted octanol–water partition coefficient (Wildman–Crippen LogP) is 4.83. The van der Waals surface area contributed by atoms with Crippen molar-refractivity contribution in [3.05, 3.63) is 75.2 Å². The number of amides is 1. The van der Waals surface area contributed by atoms with E-state index in [9.17, 15) is 10.1 Å². The van der Waals surface area contributed by atoms with Gasteiger partial charge in [-0.05, 0) is 36.8 Å². The minimum Gasteiger partial charge on any atom is -0.443 e. The van der Waals surface area contributed by atoms with E-state index in [-0.39, 0.29) is 17.0 Å². The highest BCUT2D eigenvalue weighted by atomic mass is 35.5. The van der Waals surface area contributed by atoms with Gasteiger partial charge < -0.3 is 9.32 Å². The lowest BCUT2D eigenvalue weighted by atomic mass is 10.1. The van der Waals surface area contributed by atoms with Crippen molar-refractivity contribution in [1.82, 2.24) is 9.47 Å². The maximum absolute atomic E-state index is 12.9. The molecule has 0 saturated carbocycles. The van der Waals surface area contributed by atoms with Crippen molar-refractivity contribution in [2.24, 2.45) is 0 Å². The molecule has 0 saturated heterocycles. The average Bonchev–Trinajstić information content (AvgIpc) is 3.24. The summed E-state index contributed by atoms with van der Waals surface area (Å²) in [5, 5.41) is 10.5. The molecule has 2 heterocycles. The molecule has 0 bridgehead atoms. The smallest absolute Gasteiger partial charge is 0.258 e. The van der Waals surface area contributed by atoms with Crippen molar-refractivity contribution < 1.29 is 9.21 Å². The number of rotatable bonds is 4. The molecule has 0 N–H and O–H groups in total. The van der Waals surface area contributed by atoms with E-state index in [0.29, 0.717) is 28.2 Å². The highest BCUT2D eigenvalue weighted by Crippen LogP contribution is 2.27. The maximum atomic E-state index is 12.9. The fourth-order valence-electron chi connectivity index (χ4n) is 2.72. The van der Waals surface area contributed by atoms with Crippen LogP contribution in [0.3, 0.4) is 0 Å². The quantitative estimate of drug-likeness (QED) is 0.643. The summed E-state index contributed by atoms with van der Waals surface area (Å²) >= 11 is 12.0. The van der Waals surface area contributed by atoms with Crippen molar-refractivity contribution in [1.29, 1.82) is 5.26 Å². The van der Waals surface area contributed by atoms with Crippen LogP contribution >= 0.6 is 23.2 Å². The first kappa shape index (κ1) is 18.1. The van der Waals surface area contributed by atoms with Crippen LogP contribution in [-0.4, -0.2) is 22.4 Å². The van der Waals surface area contributed by atoms with E-state index in [4.69, 9.17) is 27.6 Å². The summed E-state index contributed by atoms with van der Waals surface area (Å²) in [4.78, 5) is 14.4. The Hall–Kier alpha value is -2.68. The lowest BCUT2D eigenvalue weighted by Gasteiger charge is -2.17. The number of aromatic nitrogens is 1. The summed E-state index contributed by atoms with van der Waals surface area (Å²) in [6.45, 7) is 2.00. The van der Waals surface area contributed by atoms with Gasteiger partial charge in [-0.25, -0.2) is 0 Å². The van der Waals surface area contributed by atoms with Crippen molar-refractivity contribution in [2.45, 2.75) is 13.5 Å². The number of nitrogens with zero attached hydrogens (tertiary/aromatic N) is 3. The van der Waals surface area contributed by atoms with Gasteiger partial charge in [0.1, 0.15) is 23.0 Å². The summed E-state index contributed by atoms with van der Waals surface area (Å²) in [5.74, 6) is 0.435. The van der Waals surface area contributed by atoms with Crippen molar-refractivity contribution in [3.63, 3.8) is 0 Å². The summed E-state index contributed by atoms with van der Waals surface area (Å²) in [6.07, 6.45) is 3.51. The number of benzene rings is 1. The molecular formula is C19H15Cl2N3O2. The average molecular weight is 388 g/mol. The van der Waals surface area contributed by atoms with Gasteiger partial charge in [-0.3, -0.25) is 9.36 Å². The maximum Gasteiger partial charge on any atom is 0.258 e. The molecule has 1 aromatic carbocycles. The molecule has 26 heavy (non-hydrogen) atoms. The Bertz CT molecular complexity index is 1000. The van der Waals surface area contributed by atoms with Gasteiger partial charge in [-0.15, -0.1) is 0 Å². The normalized spacial score (nSPS) is 10.6. The molecule has 0 fully saturated rings. The minimum absolute atomic E-state index is 0.213. The van der Waals surface area contributed by atoms with Gasteiger partial charge in [0.25, 0.3) is 5.91 Å². The minimum atomic E-state index is -0.299. The van der Waals surface area contributed by atoms with Crippen LogP contribution in [-0.2, 0) is 6.54 Å². The number of carbonyl (C=O) groups is 1. The van der Waals surface area contributed by atoms with Crippen LogP contribution in [0, 0.1) is 18.3 Å². The fraction of sp³-hybridized carbons (Fsp3) is 0.158. The first-order valence-corrected chi connectivity index (χ1v) is 8.54. The van der Waals surface area contributed by atoms with Gasteiger partial charge in [0.15, 0.2) is 0 Å². The number of hydrogen-bond donors (Lipinski definition) is 0. The second-order valence-corrected chi connectivity index (χ2v) is 6.64. The standard InChI is InChI=1S/C19H15Cl2N3O2/c1-12-17(14(10-22)19(26-12)24-7-3-4-8-24)18(25)23(2)11-13-5-6-15(20)16(21)9-13/h3-9H,11H2,1-2H3. The van der Waals surface area contributed by atoms with Gasteiger partial charge in [0, 0.05) is 26.0 Å². The molecule has 0 aliphatic heterocycles. The molecule has 3 rings (SSSR count). The van der Waals surface area contributed by atoms with Crippen LogP contribution in [0.5, 0.6) is 0 Å². The molecule has 0 atom stereocenters. The Morgan fingerprint density at radius 1 is 1.27 bits per heavy atom. The van der Waals surface area contributed by atoms with E-state index < -0.39 is 0 Å². The molecule has 1 amide bonds. The molecule has 132 valence electrons. The topological polar surface area (TPSA) is 62.2 Å². The third-order valence-corrected chi connectivity index (χ3v) is 4.72. The van der Waals surface area contributed by atoms with Gasteiger partial charge in [-0.2, -0.15) is 5.26 Å². The summed E-state index contributed by atoms with van der Waals surface area (Å²) in [7, 11) is 1.66. The Morgan fingerprint density at radius 3 is 2.58 bits per heavy atom. The molecule has 0 aliphatic carbocycles. The lowest BCUT2D eigenvalue weighted by Crippen LogP contribution is -2.27. The van der Waals surface area contributed by atoms with Crippen LogP contribution < -0.4 is 0 Å². The second-order valence-electron chi connectivity index (χ2n) is 5.83. The molecule has 0 aliphatic rings. The molecule has 0 unspecified atom stereocenters. The van der Waals surface area contributed by atoms with E-state index in [1.54, 1.807) is 49.1 Å². The fourth-order valence-corrected chi connectivity index (χ4v) is 3.04. The third kappa shape index (κ3) is 3.34. The zero-order valence-corrected chi connectivity index (χ0v) is 15.7. The molecule has 7 heteroatoms. The van der Waals surface area contributed by atoms with Crippen LogP contribution in [0.25, 0.3) is 5.88 Å².